The van der Waals surface area contributed by atoms with E-state index in [1.54, 1.807) is 13.2 Å². The lowest BCUT2D eigenvalue weighted by atomic mass is 10.1. The zero-order valence-electron chi connectivity index (χ0n) is 11.1. The Labute approximate surface area is 116 Å². The predicted molar refractivity (Wildman–Crippen MR) is 73.8 cm³/mol. The molecular weight excluding hydrogens is 258 g/mol. The molecule has 1 aromatic carbocycles. The zero-order valence-corrected chi connectivity index (χ0v) is 11.1. The molecule has 0 fully saturated rings. The van der Waals surface area contributed by atoms with E-state index in [0.717, 1.165) is 24.3 Å². The summed E-state index contributed by atoms with van der Waals surface area (Å²) in [5, 5.41) is 9.81. The Morgan fingerprint density at radius 2 is 2.40 bits per heavy atom. The van der Waals surface area contributed by atoms with E-state index in [-0.39, 0.29) is 11.6 Å². The standard InChI is InChI=1S/C14H15N3O3/c1-19-8-11-7-13(17-20-11)14(18)16-10-2-3-12-9(6-10)4-5-15-12/h2-3,6-7,15H,4-5,8H2,1H3,(H,16,18). The van der Waals surface area contributed by atoms with Crippen molar-refractivity contribution in [3.8, 4) is 0 Å². The van der Waals surface area contributed by atoms with Crippen LogP contribution < -0.4 is 10.6 Å². The molecule has 1 aliphatic heterocycles. The van der Waals surface area contributed by atoms with E-state index < -0.39 is 0 Å². The molecule has 0 aliphatic carbocycles. The van der Waals surface area contributed by atoms with Crippen molar-refractivity contribution < 1.29 is 14.1 Å². The van der Waals surface area contributed by atoms with Gasteiger partial charge in [0.05, 0.1) is 0 Å². The summed E-state index contributed by atoms with van der Waals surface area (Å²) in [6, 6.07) is 7.39. The minimum absolute atomic E-state index is 0.246. The largest absolute Gasteiger partial charge is 0.384 e. The van der Waals surface area contributed by atoms with Gasteiger partial charge < -0.3 is 19.9 Å². The van der Waals surface area contributed by atoms with Gasteiger partial charge >= 0.3 is 0 Å². The van der Waals surface area contributed by atoms with E-state index in [1.165, 1.54) is 5.56 Å². The summed E-state index contributed by atoms with van der Waals surface area (Å²) in [4.78, 5) is 12.0. The Hall–Kier alpha value is -2.34. The number of nitrogens with one attached hydrogen (secondary N) is 2. The number of carbonyl (C=O) groups is 1. The summed E-state index contributed by atoms with van der Waals surface area (Å²) in [5.41, 5.74) is 3.35. The van der Waals surface area contributed by atoms with Gasteiger partial charge in [-0.15, -0.1) is 0 Å². The molecule has 20 heavy (non-hydrogen) atoms. The summed E-state index contributed by atoms with van der Waals surface area (Å²) < 4.78 is 9.91. The molecule has 0 spiro atoms. The maximum Gasteiger partial charge on any atom is 0.277 e. The highest BCUT2D eigenvalue weighted by Gasteiger charge is 2.15. The number of hydrogen-bond acceptors (Lipinski definition) is 5. The molecule has 0 saturated carbocycles. The first-order valence-corrected chi connectivity index (χ1v) is 6.39. The molecule has 2 N–H and O–H groups in total. The van der Waals surface area contributed by atoms with Crippen molar-refractivity contribution in [2.24, 2.45) is 0 Å². The molecule has 0 atom stereocenters. The molecule has 0 bridgehead atoms. The Morgan fingerprint density at radius 1 is 1.50 bits per heavy atom. The van der Waals surface area contributed by atoms with Crippen LogP contribution in [0, 0.1) is 0 Å². The van der Waals surface area contributed by atoms with Gasteiger partial charge in [-0.2, -0.15) is 0 Å². The number of anilines is 2. The van der Waals surface area contributed by atoms with E-state index in [2.05, 4.69) is 15.8 Å². The average molecular weight is 273 g/mol. The number of hydrogen-bond donors (Lipinski definition) is 2. The predicted octanol–water partition coefficient (Wildman–Crippen LogP) is 2.04. The van der Waals surface area contributed by atoms with Crippen LogP contribution in [0.15, 0.2) is 28.8 Å². The minimum atomic E-state index is -0.290. The Balaban J connectivity index is 1.71. The number of rotatable bonds is 4. The topological polar surface area (TPSA) is 76.4 Å². The third-order valence-corrected chi connectivity index (χ3v) is 3.15. The van der Waals surface area contributed by atoms with Gasteiger partial charge in [-0.05, 0) is 30.2 Å². The summed E-state index contributed by atoms with van der Waals surface area (Å²) in [5.74, 6) is 0.234. The van der Waals surface area contributed by atoms with E-state index in [9.17, 15) is 4.79 Å². The molecule has 6 heteroatoms. The molecule has 2 heterocycles. The summed E-state index contributed by atoms with van der Waals surface area (Å²) >= 11 is 0. The lowest BCUT2D eigenvalue weighted by Gasteiger charge is -2.05. The fraction of sp³-hybridized carbons (Fsp3) is 0.286. The van der Waals surface area contributed by atoms with Crippen molar-refractivity contribution in [2.75, 3.05) is 24.3 Å². The highest BCUT2D eigenvalue weighted by atomic mass is 16.5. The first kappa shape index (κ1) is 12.7. The summed E-state index contributed by atoms with van der Waals surface area (Å²) in [6.45, 7) is 1.24. The number of amides is 1. The van der Waals surface area contributed by atoms with Crippen molar-refractivity contribution in [2.45, 2.75) is 13.0 Å². The molecule has 0 unspecified atom stereocenters. The molecule has 6 nitrogen and oxygen atoms in total. The van der Waals surface area contributed by atoms with Crippen molar-refractivity contribution in [1.82, 2.24) is 5.16 Å². The van der Waals surface area contributed by atoms with Crippen LogP contribution in [0.3, 0.4) is 0 Å². The van der Waals surface area contributed by atoms with Gasteiger partial charge in [0.15, 0.2) is 11.5 Å². The van der Waals surface area contributed by atoms with Crippen LogP contribution in [-0.2, 0) is 17.8 Å². The average Bonchev–Trinajstić information content (AvgIpc) is 3.07. The van der Waals surface area contributed by atoms with Crippen LogP contribution in [0.1, 0.15) is 21.8 Å². The molecule has 1 aliphatic rings. The number of aromatic nitrogens is 1. The van der Waals surface area contributed by atoms with E-state index in [1.807, 2.05) is 18.2 Å². The quantitative estimate of drug-likeness (QED) is 0.891. The van der Waals surface area contributed by atoms with Crippen molar-refractivity contribution >= 4 is 17.3 Å². The number of methoxy groups -OCH3 is 1. The Bertz CT molecular complexity index is 636. The minimum Gasteiger partial charge on any atom is -0.384 e. The van der Waals surface area contributed by atoms with E-state index in [0.29, 0.717) is 12.4 Å². The maximum atomic E-state index is 12.0. The normalized spacial score (nSPS) is 12.8. The number of benzene rings is 1. The van der Waals surface area contributed by atoms with Gasteiger partial charge in [-0.1, -0.05) is 5.16 Å². The van der Waals surface area contributed by atoms with Crippen LogP contribution in [-0.4, -0.2) is 24.7 Å². The van der Waals surface area contributed by atoms with Gasteiger partial charge in [0, 0.05) is 31.1 Å². The van der Waals surface area contributed by atoms with Crippen LogP contribution in [0.5, 0.6) is 0 Å². The Morgan fingerprint density at radius 3 is 3.25 bits per heavy atom. The second kappa shape index (κ2) is 5.34. The highest BCUT2D eigenvalue weighted by Crippen LogP contribution is 2.25. The first-order valence-electron chi connectivity index (χ1n) is 6.39. The van der Waals surface area contributed by atoms with Crippen molar-refractivity contribution in [3.63, 3.8) is 0 Å². The van der Waals surface area contributed by atoms with Crippen molar-refractivity contribution in [1.29, 1.82) is 0 Å². The molecule has 104 valence electrons. The molecule has 0 radical (unpaired) electrons. The second-order valence-corrected chi connectivity index (χ2v) is 4.61. The van der Waals surface area contributed by atoms with Gasteiger partial charge in [0.1, 0.15) is 6.61 Å². The van der Waals surface area contributed by atoms with Gasteiger partial charge in [-0.3, -0.25) is 4.79 Å². The number of fused-ring (bicyclic) bond motifs is 1. The number of nitrogens with zero attached hydrogens (tertiary/aromatic N) is 1. The third kappa shape index (κ3) is 2.50. The Kier molecular flexibility index (Phi) is 3.39. The molecule has 2 aromatic rings. The molecular formula is C14H15N3O3. The van der Waals surface area contributed by atoms with E-state index in [4.69, 9.17) is 9.26 Å². The molecule has 1 aromatic heterocycles. The van der Waals surface area contributed by atoms with Gasteiger partial charge in [-0.25, -0.2) is 0 Å². The van der Waals surface area contributed by atoms with E-state index >= 15 is 0 Å². The lowest BCUT2D eigenvalue weighted by molar-refractivity contribution is 0.101. The van der Waals surface area contributed by atoms with Gasteiger partial charge in [0.25, 0.3) is 5.91 Å². The maximum absolute atomic E-state index is 12.0. The van der Waals surface area contributed by atoms with Crippen LogP contribution in [0.2, 0.25) is 0 Å². The fourth-order valence-corrected chi connectivity index (χ4v) is 2.21. The number of carbonyl (C=O) groups excluding carboxylic acids is 1. The molecule has 0 saturated heterocycles. The third-order valence-electron chi connectivity index (χ3n) is 3.15. The fourth-order valence-electron chi connectivity index (χ4n) is 2.21. The zero-order chi connectivity index (χ0) is 13.9. The summed E-state index contributed by atoms with van der Waals surface area (Å²) in [7, 11) is 1.56. The molecule has 3 rings (SSSR count). The molecule has 1 amide bonds. The second-order valence-electron chi connectivity index (χ2n) is 4.61. The van der Waals surface area contributed by atoms with Crippen molar-refractivity contribution in [3.05, 3.63) is 41.3 Å². The SMILES string of the molecule is COCc1cc(C(=O)Nc2ccc3c(c2)CCN3)no1. The van der Waals surface area contributed by atoms with Crippen LogP contribution in [0.25, 0.3) is 0 Å². The smallest absolute Gasteiger partial charge is 0.277 e. The monoisotopic (exact) mass is 273 g/mol. The summed E-state index contributed by atoms with van der Waals surface area (Å²) in [6.07, 6.45) is 0.973. The van der Waals surface area contributed by atoms with Crippen LogP contribution in [0.4, 0.5) is 11.4 Å². The van der Waals surface area contributed by atoms with Gasteiger partial charge in [0.2, 0.25) is 0 Å². The number of ether oxygens (including phenoxy) is 1. The lowest BCUT2D eigenvalue weighted by Crippen LogP contribution is -2.12. The van der Waals surface area contributed by atoms with Crippen LogP contribution >= 0.6 is 0 Å². The first-order chi connectivity index (χ1) is 9.76. The highest BCUT2D eigenvalue weighted by molar-refractivity contribution is 6.03.